The Kier molecular flexibility index (Phi) is 11.6. The molecule has 10 heteroatoms. The first-order valence-electron chi connectivity index (χ1n) is 13.7. The molecule has 0 fully saturated rings. The number of rotatable bonds is 14. The fourth-order valence-electron chi connectivity index (χ4n) is 4.17. The van der Waals surface area contributed by atoms with Crippen LogP contribution in [0.3, 0.4) is 0 Å². The van der Waals surface area contributed by atoms with Crippen LogP contribution in [0, 0.1) is 6.92 Å². The molecule has 1 N–H and O–H groups in total. The summed E-state index contributed by atoms with van der Waals surface area (Å²) in [4.78, 5) is 28.5. The van der Waals surface area contributed by atoms with Gasteiger partial charge in [0.05, 0.1) is 17.2 Å². The van der Waals surface area contributed by atoms with Gasteiger partial charge in [-0.15, -0.1) is 0 Å². The number of unbranched alkanes of at least 4 members (excludes halogenated alkanes) is 1. The molecule has 0 radical (unpaired) electrons. The van der Waals surface area contributed by atoms with Crippen molar-refractivity contribution in [1.82, 2.24) is 10.2 Å². The SMILES string of the molecule is CCCCNC(=O)C(C)N(Cc1ccccc1Cl)C(=O)CN(c1ccc(OCC)cc1)S(=O)(=O)c1ccc(C)cc1. The largest absolute Gasteiger partial charge is 0.494 e. The number of nitrogens with one attached hydrogen (secondary N) is 1. The lowest BCUT2D eigenvalue weighted by atomic mass is 10.1. The van der Waals surface area contributed by atoms with Crippen LogP contribution < -0.4 is 14.4 Å². The van der Waals surface area contributed by atoms with E-state index in [0.717, 1.165) is 22.7 Å². The molecule has 1 unspecified atom stereocenters. The van der Waals surface area contributed by atoms with Crippen molar-refractivity contribution in [3.8, 4) is 5.75 Å². The summed E-state index contributed by atoms with van der Waals surface area (Å²) in [5.41, 5.74) is 1.84. The molecular weight excluding hydrogens is 562 g/mol. The number of anilines is 1. The molecule has 3 aromatic carbocycles. The Morgan fingerprint density at radius 1 is 0.976 bits per heavy atom. The predicted octanol–water partition coefficient (Wildman–Crippen LogP) is 5.58. The molecule has 0 aliphatic carbocycles. The first-order valence-corrected chi connectivity index (χ1v) is 15.5. The normalized spacial score (nSPS) is 11.9. The van der Waals surface area contributed by atoms with Crippen molar-refractivity contribution in [2.24, 2.45) is 0 Å². The van der Waals surface area contributed by atoms with E-state index in [2.05, 4.69) is 5.32 Å². The lowest BCUT2D eigenvalue weighted by molar-refractivity contribution is -0.139. The zero-order valence-corrected chi connectivity index (χ0v) is 25.5. The molecule has 220 valence electrons. The molecule has 3 rings (SSSR count). The summed E-state index contributed by atoms with van der Waals surface area (Å²) in [5.74, 6) is -0.298. The zero-order valence-electron chi connectivity index (χ0n) is 24.0. The molecule has 0 heterocycles. The highest BCUT2D eigenvalue weighted by Gasteiger charge is 2.32. The van der Waals surface area contributed by atoms with Gasteiger partial charge in [-0.2, -0.15) is 0 Å². The first kappa shape index (κ1) is 32.0. The van der Waals surface area contributed by atoms with Crippen molar-refractivity contribution in [1.29, 1.82) is 0 Å². The second kappa shape index (κ2) is 14.9. The number of ether oxygens (including phenoxy) is 1. The molecule has 2 amide bonds. The van der Waals surface area contributed by atoms with Gasteiger partial charge in [-0.25, -0.2) is 8.42 Å². The van der Waals surface area contributed by atoms with Crippen molar-refractivity contribution in [3.63, 3.8) is 0 Å². The molecule has 0 aliphatic rings. The maximum Gasteiger partial charge on any atom is 0.264 e. The van der Waals surface area contributed by atoms with Gasteiger partial charge in [0, 0.05) is 18.1 Å². The van der Waals surface area contributed by atoms with Crippen LogP contribution in [0.2, 0.25) is 5.02 Å². The molecule has 3 aromatic rings. The zero-order chi connectivity index (χ0) is 30.0. The summed E-state index contributed by atoms with van der Waals surface area (Å²) in [6, 6.07) is 19.1. The van der Waals surface area contributed by atoms with Gasteiger partial charge in [0.1, 0.15) is 18.3 Å². The maximum absolute atomic E-state index is 14.0. The fraction of sp³-hybridized carbons (Fsp3) is 0.355. The van der Waals surface area contributed by atoms with Crippen molar-refractivity contribution in [2.75, 3.05) is 24.0 Å². The molecule has 0 spiro atoms. The summed E-state index contributed by atoms with van der Waals surface area (Å²) >= 11 is 6.41. The van der Waals surface area contributed by atoms with E-state index in [-0.39, 0.29) is 17.3 Å². The third-order valence-electron chi connectivity index (χ3n) is 6.62. The number of hydrogen-bond donors (Lipinski definition) is 1. The fourth-order valence-corrected chi connectivity index (χ4v) is 5.78. The van der Waals surface area contributed by atoms with E-state index in [1.807, 2.05) is 20.8 Å². The van der Waals surface area contributed by atoms with Gasteiger partial charge >= 0.3 is 0 Å². The van der Waals surface area contributed by atoms with Crippen LogP contribution in [-0.4, -0.2) is 50.9 Å². The van der Waals surface area contributed by atoms with Crippen molar-refractivity contribution in [2.45, 2.75) is 58.0 Å². The monoisotopic (exact) mass is 599 g/mol. The van der Waals surface area contributed by atoms with Crippen LogP contribution in [0.15, 0.2) is 77.7 Å². The minimum Gasteiger partial charge on any atom is -0.494 e. The van der Waals surface area contributed by atoms with E-state index in [1.165, 1.54) is 17.0 Å². The Morgan fingerprint density at radius 2 is 1.63 bits per heavy atom. The predicted molar refractivity (Wildman–Crippen MR) is 163 cm³/mol. The minimum absolute atomic E-state index is 0.0303. The van der Waals surface area contributed by atoms with Crippen LogP contribution in [0.25, 0.3) is 0 Å². The molecule has 1 atom stereocenters. The molecule has 41 heavy (non-hydrogen) atoms. The summed E-state index contributed by atoms with van der Waals surface area (Å²) in [7, 11) is -4.15. The summed E-state index contributed by atoms with van der Waals surface area (Å²) in [6.07, 6.45) is 1.71. The lowest BCUT2D eigenvalue weighted by Crippen LogP contribution is -2.51. The third-order valence-corrected chi connectivity index (χ3v) is 8.78. The van der Waals surface area contributed by atoms with Gasteiger partial charge in [-0.05, 0) is 75.2 Å². The van der Waals surface area contributed by atoms with E-state index in [9.17, 15) is 18.0 Å². The maximum atomic E-state index is 14.0. The molecule has 0 saturated carbocycles. The average molecular weight is 600 g/mol. The number of hydrogen-bond acceptors (Lipinski definition) is 5. The summed E-state index contributed by atoms with van der Waals surface area (Å²) in [6.45, 7) is 7.81. The van der Waals surface area contributed by atoms with Crippen LogP contribution in [0.1, 0.15) is 44.7 Å². The Bertz CT molecular complexity index is 1410. The second-order valence-corrected chi connectivity index (χ2v) is 12.0. The van der Waals surface area contributed by atoms with Crippen LogP contribution in [-0.2, 0) is 26.2 Å². The van der Waals surface area contributed by atoms with Crippen molar-refractivity contribution in [3.05, 3.63) is 88.9 Å². The number of amides is 2. The van der Waals surface area contributed by atoms with E-state index < -0.39 is 28.5 Å². The number of carbonyl (C=O) groups excluding carboxylic acids is 2. The number of nitrogens with zero attached hydrogens (tertiary/aromatic N) is 2. The van der Waals surface area contributed by atoms with Gasteiger partial charge < -0.3 is 15.0 Å². The average Bonchev–Trinajstić information content (AvgIpc) is 2.96. The second-order valence-electron chi connectivity index (χ2n) is 9.69. The van der Waals surface area contributed by atoms with Crippen LogP contribution >= 0.6 is 11.6 Å². The number of aryl methyl sites for hydroxylation is 1. The topological polar surface area (TPSA) is 96.0 Å². The van der Waals surface area contributed by atoms with Gasteiger partial charge in [0.25, 0.3) is 10.0 Å². The molecule has 0 aromatic heterocycles. The molecule has 0 aliphatic heterocycles. The Labute approximate surface area is 248 Å². The summed E-state index contributed by atoms with van der Waals surface area (Å²) < 4.78 is 34.4. The Morgan fingerprint density at radius 3 is 2.24 bits per heavy atom. The van der Waals surface area contributed by atoms with Gasteiger partial charge in [0.15, 0.2) is 0 Å². The van der Waals surface area contributed by atoms with E-state index in [4.69, 9.17) is 16.3 Å². The molecule has 0 saturated heterocycles. The quantitative estimate of drug-likeness (QED) is 0.244. The van der Waals surface area contributed by atoms with Crippen LogP contribution in [0.5, 0.6) is 5.75 Å². The minimum atomic E-state index is -4.15. The van der Waals surface area contributed by atoms with Crippen molar-refractivity contribution >= 4 is 39.1 Å². The number of benzene rings is 3. The number of halogens is 1. The number of sulfonamides is 1. The number of carbonyl (C=O) groups is 2. The van der Waals surface area contributed by atoms with Crippen molar-refractivity contribution < 1.29 is 22.7 Å². The molecule has 0 bridgehead atoms. The smallest absolute Gasteiger partial charge is 0.264 e. The Balaban J connectivity index is 2.01. The van der Waals surface area contributed by atoms with Crippen LogP contribution in [0.4, 0.5) is 5.69 Å². The lowest BCUT2D eigenvalue weighted by Gasteiger charge is -2.32. The third kappa shape index (κ3) is 8.47. The summed E-state index contributed by atoms with van der Waals surface area (Å²) in [5, 5.41) is 3.32. The van der Waals surface area contributed by atoms with E-state index in [1.54, 1.807) is 67.6 Å². The first-order chi connectivity index (χ1) is 19.6. The standard InChI is InChI=1S/C31H38ClN3O5S/c1-5-7-20-33-31(37)24(4)34(21-25-10-8-9-11-29(25)32)30(36)22-35(26-14-16-27(17-15-26)40-6-2)41(38,39)28-18-12-23(3)13-19-28/h8-19,24H,5-7,20-22H2,1-4H3,(H,33,37). The molecule has 8 nitrogen and oxygen atoms in total. The molecular formula is C31H38ClN3O5S. The van der Waals surface area contributed by atoms with E-state index in [0.29, 0.717) is 35.2 Å². The Hall–Kier alpha value is -3.56. The highest BCUT2D eigenvalue weighted by atomic mass is 35.5. The van der Waals surface area contributed by atoms with Gasteiger partial charge in [-0.3, -0.25) is 13.9 Å². The van der Waals surface area contributed by atoms with E-state index >= 15 is 0 Å². The van der Waals surface area contributed by atoms with Gasteiger partial charge in [-0.1, -0.05) is 60.8 Å². The van der Waals surface area contributed by atoms with Gasteiger partial charge in [0.2, 0.25) is 11.8 Å². The highest BCUT2D eigenvalue weighted by molar-refractivity contribution is 7.92. The highest BCUT2D eigenvalue weighted by Crippen LogP contribution is 2.27.